The van der Waals surface area contributed by atoms with E-state index < -0.39 is 0 Å². The summed E-state index contributed by atoms with van der Waals surface area (Å²) in [5.41, 5.74) is 6.01. The van der Waals surface area contributed by atoms with Crippen LogP contribution in [-0.2, 0) is 9.53 Å². The molecule has 1 heterocycles. The number of ether oxygens (including phenoxy) is 1. The molecule has 1 aliphatic rings. The number of hydrogen-bond donors (Lipinski definition) is 1. The number of hydrogen-bond acceptors (Lipinski definition) is 3. The average Bonchev–Trinajstić information content (AvgIpc) is 2.53. The highest BCUT2D eigenvalue weighted by Crippen LogP contribution is 2.12. The maximum atomic E-state index is 12.1. The van der Waals surface area contributed by atoms with Crippen molar-refractivity contribution in [3.63, 3.8) is 0 Å². The van der Waals surface area contributed by atoms with E-state index in [1.807, 2.05) is 4.90 Å². The van der Waals surface area contributed by atoms with Crippen LogP contribution >= 0.6 is 0 Å². The summed E-state index contributed by atoms with van der Waals surface area (Å²) in [6, 6.07) is -0.312. The van der Waals surface area contributed by atoms with E-state index in [4.69, 9.17) is 10.5 Å². The Kier molecular flexibility index (Phi) is 10.5. The summed E-state index contributed by atoms with van der Waals surface area (Å²) in [6.45, 7) is 4.95. The predicted octanol–water partition coefficient (Wildman–Crippen LogP) is 3.09. The summed E-state index contributed by atoms with van der Waals surface area (Å²) in [6.07, 6.45) is 12.5. The third kappa shape index (κ3) is 8.42. The quantitative estimate of drug-likeness (QED) is 0.596. The summed E-state index contributed by atoms with van der Waals surface area (Å²) >= 11 is 0. The van der Waals surface area contributed by atoms with Crippen molar-refractivity contribution in [1.29, 1.82) is 0 Å². The molecule has 124 valence electrons. The van der Waals surface area contributed by atoms with Crippen LogP contribution in [0, 0.1) is 0 Å². The second-order valence-corrected chi connectivity index (χ2v) is 6.16. The summed E-state index contributed by atoms with van der Waals surface area (Å²) in [7, 11) is 0. The number of amides is 1. The van der Waals surface area contributed by atoms with Gasteiger partial charge >= 0.3 is 0 Å². The zero-order chi connectivity index (χ0) is 15.3. The third-order valence-electron chi connectivity index (χ3n) is 4.26. The van der Waals surface area contributed by atoms with E-state index >= 15 is 0 Å². The fourth-order valence-corrected chi connectivity index (χ4v) is 2.82. The topological polar surface area (TPSA) is 55.6 Å². The third-order valence-corrected chi connectivity index (χ3v) is 4.26. The molecule has 4 heteroatoms. The second kappa shape index (κ2) is 12.0. The molecule has 2 N–H and O–H groups in total. The first kappa shape index (κ1) is 18.4. The molecule has 1 atom stereocenters. The Morgan fingerprint density at radius 3 is 2.10 bits per heavy atom. The van der Waals surface area contributed by atoms with E-state index in [9.17, 15) is 4.79 Å². The lowest BCUT2D eigenvalue weighted by atomic mass is 10.0. The van der Waals surface area contributed by atoms with Crippen LogP contribution in [0.3, 0.4) is 0 Å². The normalized spacial score (nSPS) is 17.0. The van der Waals surface area contributed by atoms with Crippen molar-refractivity contribution in [2.24, 2.45) is 5.73 Å². The van der Waals surface area contributed by atoms with Crippen molar-refractivity contribution in [1.82, 2.24) is 4.90 Å². The minimum atomic E-state index is -0.312. The molecule has 0 spiro atoms. The number of unbranched alkanes of at least 4 members (excludes halogenated alkanes) is 8. The van der Waals surface area contributed by atoms with Crippen LogP contribution in [0.5, 0.6) is 0 Å². The van der Waals surface area contributed by atoms with Crippen LogP contribution in [0.1, 0.15) is 71.1 Å². The van der Waals surface area contributed by atoms with Crippen LogP contribution < -0.4 is 5.73 Å². The molecule has 0 aliphatic carbocycles. The van der Waals surface area contributed by atoms with Gasteiger partial charge in [0.1, 0.15) is 0 Å². The molecule has 1 amide bonds. The molecule has 0 aromatic carbocycles. The molecule has 0 aromatic rings. The highest BCUT2D eigenvalue weighted by Gasteiger charge is 2.22. The van der Waals surface area contributed by atoms with Crippen LogP contribution in [0.4, 0.5) is 0 Å². The summed E-state index contributed by atoms with van der Waals surface area (Å²) in [5, 5.41) is 0. The summed E-state index contributed by atoms with van der Waals surface area (Å²) in [5.74, 6) is 0.109. The lowest BCUT2D eigenvalue weighted by Gasteiger charge is -2.29. The van der Waals surface area contributed by atoms with Crippen LogP contribution in [0.25, 0.3) is 0 Å². The fourth-order valence-electron chi connectivity index (χ4n) is 2.82. The average molecular weight is 298 g/mol. The Bertz CT molecular complexity index is 266. The molecule has 21 heavy (non-hydrogen) atoms. The highest BCUT2D eigenvalue weighted by atomic mass is 16.5. The monoisotopic (exact) mass is 298 g/mol. The van der Waals surface area contributed by atoms with E-state index in [0.29, 0.717) is 26.3 Å². The van der Waals surface area contributed by atoms with Gasteiger partial charge in [-0.1, -0.05) is 64.7 Å². The molecule has 0 radical (unpaired) electrons. The Hall–Kier alpha value is -0.610. The van der Waals surface area contributed by atoms with E-state index in [-0.39, 0.29) is 11.9 Å². The van der Waals surface area contributed by atoms with Gasteiger partial charge in [-0.3, -0.25) is 4.79 Å². The van der Waals surface area contributed by atoms with E-state index in [2.05, 4.69) is 6.92 Å². The number of rotatable bonds is 11. The van der Waals surface area contributed by atoms with Gasteiger partial charge in [-0.15, -0.1) is 0 Å². The number of morpholine rings is 1. The minimum absolute atomic E-state index is 0.109. The van der Waals surface area contributed by atoms with E-state index in [0.717, 1.165) is 12.8 Å². The summed E-state index contributed by atoms with van der Waals surface area (Å²) in [4.78, 5) is 14.0. The smallest absolute Gasteiger partial charge is 0.239 e. The van der Waals surface area contributed by atoms with Crippen molar-refractivity contribution in [2.75, 3.05) is 26.3 Å². The van der Waals surface area contributed by atoms with Gasteiger partial charge in [0.15, 0.2) is 0 Å². The number of nitrogens with zero attached hydrogens (tertiary/aromatic N) is 1. The van der Waals surface area contributed by atoms with Crippen molar-refractivity contribution in [2.45, 2.75) is 77.2 Å². The molecule has 0 saturated carbocycles. The summed E-state index contributed by atoms with van der Waals surface area (Å²) < 4.78 is 5.26. The van der Waals surface area contributed by atoms with Crippen LogP contribution in [0.15, 0.2) is 0 Å². The first-order valence-electron chi connectivity index (χ1n) is 8.87. The molecule has 1 fully saturated rings. The molecule has 0 bridgehead atoms. The maximum absolute atomic E-state index is 12.1. The highest BCUT2D eigenvalue weighted by molar-refractivity contribution is 5.81. The molecule has 4 nitrogen and oxygen atoms in total. The molecule has 1 aliphatic heterocycles. The molecule has 1 saturated heterocycles. The Labute approximate surface area is 130 Å². The van der Waals surface area contributed by atoms with Crippen molar-refractivity contribution >= 4 is 5.91 Å². The van der Waals surface area contributed by atoms with E-state index in [1.54, 1.807) is 0 Å². The largest absolute Gasteiger partial charge is 0.378 e. The van der Waals surface area contributed by atoms with Crippen LogP contribution in [-0.4, -0.2) is 43.2 Å². The van der Waals surface area contributed by atoms with Gasteiger partial charge in [0.2, 0.25) is 5.91 Å². The van der Waals surface area contributed by atoms with Crippen LogP contribution in [0.2, 0.25) is 0 Å². The lowest BCUT2D eigenvalue weighted by molar-refractivity contribution is -0.136. The minimum Gasteiger partial charge on any atom is -0.378 e. The Morgan fingerprint density at radius 2 is 1.52 bits per heavy atom. The Morgan fingerprint density at radius 1 is 1.00 bits per heavy atom. The standard InChI is InChI=1S/C17H34N2O2/c1-2-3-4-5-6-7-8-9-10-11-16(18)17(20)19-12-14-21-15-13-19/h16H,2-15,18H2,1H3. The SMILES string of the molecule is CCCCCCCCCCCC(N)C(=O)N1CCOCC1. The van der Waals surface area contributed by atoms with Crippen molar-refractivity contribution in [3.8, 4) is 0 Å². The van der Waals surface area contributed by atoms with Crippen molar-refractivity contribution < 1.29 is 9.53 Å². The van der Waals surface area contributed by atoms with Gasteiger partial charge in [-0.2, -0.15) is 0 Å². The first-order valence-corrected chi connectivity index (χ1v) is 8.87. The second-order valence-electron chi connectivity index (χ2n) is 6.16. The number of carbonyl (C=O) groups excluding carboxylic acids is 1. The lowest BCUT2D eigenvalue weighted by Crippen LogP contribution is -2.48. The zero-order valence-corrected chi connectivity index (χ0v) is 13.8. The first-order chi connectivity index (χ1) is 10.3. The molecule has 0 aromatic heterocycles. The number of nitrogens with two attached hydrogens (primary N) is 1. The van der Waals surface area contributed by atoms with Gasteiger partial charge in [0.25, 0.3) is 0 Å². The predicted molar refractivity (Wildman–Crippen MR) is 87.2 cm³/mol. The molecular weight excluding hydrogens is 264 g/mol. The van der Waals surface area contributed by atoms with Crippen molar-refractivity contribution in [3.05, 3.63) is 0 Å². The molecular formula is C17H34N2O2. The van der Waals surface area contributed by atoms with Gasteiger partial charge < -0.3 is 15.4 Å². The van der Waals surface area contributed by atoms with Gasteiger partial charge in [0, 0.05) is 13.1 Å². The number of carbonyl (C=O) groups is 1. The fraction of sp³-hybridized carbons (Fsp3) is 0.941. The molecule has 1 rings (SSSR count). The van der Waals surface area contributed by atoms with Gasteiger partial charge in [-0.05, 0) is 6.42 Å². The molecule has 1 unspecified atom stereocenters. The Balaban J connectivity index is 1.95. The maximum Gasteiger partial charge on any atom is 0.239 e. The zero-order valence-electron chi connectivity index (χ0n) is 13.8. The van der Waals surface area contributed by atoms with Gasteiger partial charge in [-0.25, -0.2) is 0 Å². The van der Waals surface area contributed by atoms with E-state index in [1.165, 1.54) is 51.4 Å². The van der Waals surface area contributed by atoms with Gasteiger partial charge in [0.05, 0.1) is 19.3 Å².